The van der Waals surface area contributed by atoms with Gasteiger partial charge in [0, 0.05) is 32.5 Å². The van der Waals surface area contributed by atoms with Gasteiger partial charge in [-0.25, -0.2) is 0 Å². The monoisotopic (exact) mass is 344 g/mol. The second-order valence-electron chi connectivity index (χ2n) is 6.91. The van der Waals surface area contributed by atoms with Crippen LogP contribution in [0.1, 0.15) is 48.8 Å². The van der Waals surface area contributed by atoms with Crippen LogP contribution in [-0.4, -0.2) is 38.3 Å². The minimum atomic E-state index is 0.0516. The minimum Gasteiger partial charge on any atom is -0.480 e. The number of aryl methyl sites for hydroxylation is 3. The molecule has 0 bridgehead atoms. The summed E-state index contributed by atoms with van der Waals surface area (Å²) >= 11 is 0. The van der Waals surface area contributed by atoms with Crippen molar-refractivity contribution < 1.29 is 9.53 Å². The molecule has 0 aliphatic carbocycles. The van der Waals surface area contributed by atoms with Gasteiger partial charge in [-0.1, -0.05) is 12.8 Å². The van der Waals surface area contributed by atoms with Crippen LogP contribution in [0.4, 0.5) is 0 Å². The zero-order chi connectivity index (χ0) is 18.0. The van der Waals surface area contributed by atoms with Gasteiger partial charge < -0.3 is 14.2 Å². The number of hydrogen-bond donors (Lipinski definition) is 0. The normalized spacial score (nSPS) is 18.2. The number of hydrogen-bond acceptors (Lipinski definition) is 3. The van der Waals surface area contributed by atoms with Gasteiger partial charge in [-0.3, -0.25) is 9.48 Å². The van der Waals surface area contributed by atoms with Crippen molar-refractivity contribution in [2.45, 2.75) is 45.6 Å². The SMILES string of the molecule is Cc1nn(C)c(C)c1OCC(=O)N1CCCCC[C@H]1c1cccn1C. The molecule has 0 aromatic carbocycles. The topological polar surface area (TPSA) is 52.3 Å². The Balaban J connectivity index is 1.75. The van der Waals surface area contributed by atoms with E-state index < -0.39 is 0 Å². The third-order valence-electron chi connectivity index (χ3n) is 5.18. The zero-order valence-electron chi connectivity index (χ0n) is 15.7. The van der Waals surface area contributed by atoms with Crippen molar-refractivity contribution in [3.63, 3.8) is 0 Å². The smallest absolute Gasteiger partial charge is 0.261 e. The highest BCUT2D eigenvalue weighted by Crippen LogP contribution is 2.30. The number of ether oxygens (including phenoxy) is 1. The molecule has 0 N–H and O–H groups in total. The fourth-order valence-corrected chi connectivity index (χ4v) is 3.71. The van der Waals surface area contributed by atoms with Gasteiger partial charge in [0.15, 0.2) is 12.4 Å². The van der Waals surface area contributed by atoms with Gasteiger partial charge in [0.25, 0.3) is 5.91 Å². The molecular weight excluding hydrogens is 316 g/mol. The van der Waals surface area contributed by atoms with Crippen LogP contribution in [-0.2, 0) is 18.9 Å². The lowest BCUT2D eigenvalue weighted by Gasteiger charge is -2.30. The zero-order valence-corrected chi connectivity index (χ0v) is 15.7. The molecule has 0 unspecified atom stereocenters. The summed E-state index contributed by atoms with van der Waals surface area (Å²) in [5, 5.41) is 4.35. The first kappa shape index (κ1) is 17.6. The van der Waals surface area contributed by atoms with E-state index in [0.29, 0.717) is 0 Å². The molecule has 1 fully saturated rings. The van der Waals surface area contributed by atoms with Crippen LogP contribution >= 0.6 is 0 Å². The van der Waals surface area contributed by atoms with E-state index in [-0.39, 0.29) is 18.6 Å². The molecule has 3 rings (SSSR count). The van der Waals surface area contributed by atoms with Gasteiger partial charge in [-0.05, 0) is 38.8 Å². The van der Waals surface area contributed by atoms with E-state index in [4.69, 9.17) is 4.74 Å². The Morgan fingerprint density at radius 3 is 2.72 bits per heavy atom. The molecule has 2 aromatic rings. The summed E-state index contributed by atoms with van der Waals surface area (Å²) in [7, 11) is 3.93. The standard InChI is InChI=1S/C19H28N4O2/c1-14-19(15(2)22(4)20-14)25-13-18(24)23-12-7-5-6-9-17(23)16-10-8-11-21(16)3/h8,10-11,17H,5-7,9,12-13H2,1-4H3/t17-/m0/s1. The molecule has 3 heterocycles. The summed E-state index contributed by atoms with van der Waals surface area (Å²) in [5.74, 6) is 0.775. The Kier molecular flexibility index (Phi) is 5.16. The van der Waals surface area contributed by atoms with Crippen molar-refractivity contribution in [3.05, 3.63) is 35.4 Å². The lowest BCUT2D eigenvalue weighted by atomic mass is 10.1. The Morgan fingerprint density at radius 2 is 2.08 bits per heavy atom. The third kappa shape index (κ3) is 3.57. The highest BCUT2D eigenvalue weighted by Gasteiger charge is 2.28. The number of rotatable bonds is 4. The van der Waals surface area contributed by atoms with Crippen molar-refractivity contribution in [1.82, 2.24) is 19.2 Å². The van der Waals surface area contributed by atoms with Crippen molar-refractivity contribution in [2.75, 3.05) is 13.2 Å². The first-order valence-electron chi connectivity index (χ1n) is 9.02. The summed E-state index contributed by atoms with van der Waals surface area (Å²) in [6, 6.07) is 4.29. The van der Waals surface area contributed by atoms with Gasteiger partial charge in [0.1, 0.15) is 5.69 Å². The number of nitrogens with zero attached hydrogens (tertiary/aromatic N) is 4. The quantitative estimate of drug-likeness (QED) is 0.857. The highest BCUT2D eigenvalue weighted by atomic mass is 16.5. The van der Waals surface area contributed by atoms with Crippen LogP contribution in [0.2, 0.25) is 0 Å². The Labute approximate surface area is 149 Å². The van der Waals surface area contributed by atoms with Gasteiger partial charge in [0.05, 0.1) is 11.7 Å². The number of carbonyl (C=O) groups is 1. The average molecular weight is 344 g/mol. The molecule has 25 heavy (non-hydrogen) atoms. The highest BCUT2D eigenvalue weighted by molar-refractivity contribution is 5.78. The fraction of sp³-hybridized carbons (Fsp3) is 0.579. The summed E-state index contributed by atoms with van der Waals surface area (Å²) in [4.78, 5) is 14.9. The molecule has 0 radical (unpaired) electrons. The first-order valence-corrected chi connectivity index (χ1v) is 9.02. The van der Waals surface area contributed by atoms with Crippen molar-refractivity contribution in [2.24, 2.45) is 14.1 Å². The van der Waals surface area contributed by atoms with Gasteiger partial charge >= 0.3 is 0 Å². The summed E-state index contributed by atoms with van der Waals surface area (Å²) in [6.07, 6.45) is 6.43. The number of aromatic nitrogens is 3. The van der Waals surface area contributed by atoms with E-state index in [2.05, 4.69) is 15.7 Å². The van der Waals surface area contributed by atoms with E-state index in [9.17, 15) is 4.79 Å². The molecule has 6 heteroatoms. The predicted octanol–water partition coefficient (Wildman–Crippen LogP) is 2.90. The largest absolute Gasteiger partial charge is 0.480 e. The van der Waals surface area contributed by atoms with Crippen molar-refractivity contribution >= 4 is 5.91 Å². The summed E-state index contributed by atoms with van der Waals surface area (Å²) in [6.45, 7) is 4.72. The molecule has 1 aliphatic rings. The second kappa shape index (κ2) is 7.33. The molecule has 1 aliphatic heterocycles. The van der Waals surface area contributed by atoms with Gasteiger partial charge in [-0.15, -0.1) is 0 Å². The molecule has 0 saturated carbocycles. The lowest BCUT2D eigenvalue weighted by molar-refractivity contribution is -0.136. The lowest BCUT2D eigenvalue weighted by Crippen LogP contribution is -2.38. The number of carbonyl (C=O) groups excluding carboxylic acids is 1. The van der Waals surface area contributed by atoms with Crippen LogP contribution in [0.5, 0.6) is 5.75 Å². The molecule has 6 nitrogen and oxygen atoms in total. The molecular formula is C19H28N4O2. The van der Waals surface area contributed by atoms with Crippen LogP contribution in [0.3, 0.4) is 0 Å². The van der Waals surface area contributed by atoms with E-state index in [1.165, 1.54) is 12.1 Å². The minimum absolute atomic E-state index is 0.0516. The summed E-state index contributed by atoms with van der Waals surface area (Å²) in [5.41, 5.74) is 2.96. The second-order valence-corrected chi connectivity index (χ2v) is 6.91. The molecule has 1 saturated heterocycles. The van der Waals surface area contributed by atoms with Crippen LogP contribution in [0, 0.1) is 13.8 Å². The Hall–Kier alpha value is -2.24. The summed E-state index contributed by atoms with van der Waals surface area (Å²) < 4.78 is 9.76. The maximum absolute atomic E-state index is 12.9. The molecule has 1 atom stereocenters. The van der Waals surface area contributed by atoms with Gasteiger partial charge in [0.2, 0.25) is 0 Å². The molecule has 1 amide bonds. The van der Waals surface area contributed by atoms with E-state index >= 15 is 0 Å². The van der Waals surface area contributed by atoms with Crippen molar-refractivity contribution in [3.8, 4) is 5.75 Å². The maximum Gasteiger partial charge on any atom is 0.261 e. The fourth-order valence-electron chi connectivity index (χ4n) is 3.71. The van der Waals surface area contributed by atoms with Crippen molar-refractivity contribution in [1.29, 1.82) is 0 Å². The van der Waals surface area contributed by atoms with Crippen LogP contribution < -0.4 is 4.74 Å². The third-order valence-corrected chi connectivity index (χ3v) is 5.18. The Bertz CT molecular complexity index is 747. The predicted molar refractivity (Wildman–Crippen MR) is 96.5 cm³/mol. The maximum atomic E-state index is 12.9. The molecule has 2 aromatic heterocycles. The number of likely N-dealkylation sites (tertiary alicyclic amines) is 1. The first-order chi connectivity index (χ1) is 12.0. The Morgan fingerprint density at radius 1 is 1.28 bits per heavy atom. The van der Waals surface area contributed by atoms with E-state index in [1.54, 1.807) is 4.68 Å². The van der Waals surface area contributed by atoms with E-state index in [1.807, 2.05) is 45.1 Å². The molecule has 0 spiro atoms. The van der Waals surface area contributed by atoms with E-state index in [0.717, 1.165) is 42.9 Å². The number of amides is 1. The van der Waals surface area contributed by atoms with Crippen LogP contribution in [0.15, 0.2) is 18.3 Å². The van der Waals surface area contributed by atoms with Gasteiger partial charge in [-0.2, -0.15) is 5.10 Å². The average Bonchev–Trinajstić information content (AvgIpc) is 2.99. The molecule has 136 valence electrons. The van der Waals surface area contributed by atoms with Crippen LogP contribution in [0.25, 0.3) is 0 Å².